The minimum atomic E-state index is -1.07. The molecule has 1 aromatic heterocycles. The first-order chi connectivity index (χ1) is 17.1. The molecule has 1 spiro atoms. The number of carbonyl (C=O) groups is 2. The summed E-state index contributed by atoms with van der Waals surface area (Å²) >= 11 is 0. The van der Waals surface area contributed by atoms with E-state index >= 15 is 0 Å². The zero-order valence-corrected chi connectivity index (χ0v) is 20.6. The Hall–Kier alpha value is -4.31. The Morgan fingerprint density at radius 2 is 1.92 bits per heavy atom. The van der Waals surface area contributed by atoms with Crippen LogP contribution >= 0.6 is 0 Å². The first kappa shape index (κ1) is 23.4. The highest BCUT2D eigenvalue weighted by atomic mass is 19.1. The lowest BCUT2D eigenvalue weighted by Gasteiger charge is -2.34. The van der Waals surface area contributed by atoms with Crippen molar-refractivity contribution in [1.29, 1.82) is 0 Å². The predicted molar refractivity (Wildman–Crippen MR) is 138 cm³/mol. The molecular weight excluding hydrogens is 455 g/mol. The summed E-state index contributed by atoms with van der Waals surface area (Å²) in [5.74, 6) is 5.12. The van der Waals surface area contributed by atoms with Crippen molar-refractivity contribution in [2.24, 2.45) is 0 Å². The molecule has 3 aromatic rings. The van der Waals surface area contributed by atoms with E-state index < -0.39 is 5.41 Å². The van der Waals surface area contributed by atoms with Gasteiger partial charge >= 0.3 is 0 Å². The van der Waals surface area contributed by atoms with Crippen LogP contribution in [0.15, 0.2) is 54.7 Å². The van der Waals surface area contributed by atoms with Gasteiger partial charge in [0, 0.05) is 33.9 Å². The summed E-state index contributed by atoms with van der Waals surface area (Å²) in [6, 6.07) is 10.9. The number of allylic oxidation sites excluding steroid dienone is 1. The fourth-order valence-electron chi connectivity index (χ4n) is 5.03. The van der Waals surface area contributed by atoms with E-state index in [0.29, 0.717) is 16.8 Å². The van der Waals surface area contributed by atoms with Crippen molar-refractivity contribution < 1.29 is 14.0 Å². The average Bonchev–Trinajstić information content (AvgIpc) is 3.26. The highest BCUT2D eigenvalue weighted by Gasteiger charge is 2.56. The van der Waals surface area contributed by atoms with Crippen LogP contribution < -0.4 is 16.0 Å². The van der Waals surface area contributed by atoms with Gasteiger partial charge in [-0.2, -0.15) is 0 Å². The number of halogens is 1. The Morgan fingerprint density at radius 3 is 2.56 bits per heavy atom. The molecule has 2 aromatic carbocycles. The molecule has 182 valence electrons. The van der Waals surface area contributed by atoms with Gasteiger partial charge in [-0.1, -0.05) is 30.6 Å². The van der Waals surface area contributed by atoms with E-state index in [4.69, 9.17) is 0 Å². The molecule has 5 rings (SSSR count). The summed E-state index contributed by atoms with van der Waals surface area (Å²) in [6.07, 6.45) is 0. The predicted octanol–water partition coefficient (Wildman–Crippen LogP) is 5.20. The number of aryl methyl sites for hydroxylation is 1. The molecule has 2 aliphatic rings. The van der Waals surface area contributed by atoms with Crippen LogP contribution in [0.2, 0.25) is 0 Å². The molecule has 0 saturated carbocycles. The zero-order valence-electron chi connectivity index (χ0n) is 20.6. The van der Waals surface area contributed by atoms with Crippen LogP contribution in [0.5, 0.6) is 0 Å². The molecule has 1 aliphatic carbocycles. The van der Waals surface area contributed by atoms with Gasteiger partial charge in [0.05, 0.1) is 17.6 Å². The summed E-state index contributed by atoms with van der Waals surface area (Å²) in [5.41, 5.74) is 6.04. The summed E-state index contributed by atoms with van der Waals surface area (Å²) in [6.45, 7) is 11.6. The topological polar surface area (TPSA) is 86.0 Å². The number of fused-ring (bicyclic) bond motifs is 2. The minimum Gasteiger partial charge on any atom is -0.359 e. The first-order valence-electron chi connectivity index (χ1n) is 11.8. The SMILES string of the molecule is C=C(C)Nc1c(C)[nH]c(C2C#CC23C(=O)Nc2ccc(C(=O)NC(C)c4ccc(F)cc4)cc23)c1C. The Kier molecular flexibility index (Phi) is 5.48. The van der Waals surface area contributed by atoms with E-state index in [1.54, 1.807) is 30.3 Å². The lowest BCUT2D eigenvalue weighted by Crippen LogP contribution is -2.44. The van der Waals surface area contributed by atoms with Crippen LogP contribution in [0.3, 0.4) is 0 Å². The number of benzene rings is 2. The summed E-state index contributed by atoms with van der Waals surface area (Å²) in [5, 5.41) is 9.19. The molecule has 0 radical (unpaired) electrons. The van der Waals surface area contributed by atoms with Gasteiger partial charge in [-0.05, 0) is 69.2 Å². The van der Waals surface area contributed by atoms with E-state index in [1.807, 2.05) is 27.7 Å². The van der Waals surface area contributed by atoms with Gasteiger partial charge in [0.25, 0.3) is 5.91 Å². The van der Waals surface area contributed by atoms with E-state index in [2.05, 4.69) is 39.4 Å². The van der Waals surface area contributed by atoms with Gasteiger partial charge in [-0.25, -0.2) is 4.39 Å². The molecule has 2 heterocycles. The van der Waals surface area contributed by atoms with E-state index in [1.165, 1.54) is 12.1 Å². The molecule has 0 saturated heterocycles. The molecule has 1 aliphatic heterocycles. The Morgan fingerprint density at radius 1 is 1.19 bits per heavy atom. The van der Waals surface area contributed by atoms with Gasteiger partial charge in [0.1, 0.15) is 5.82 Å². The Balaban J connectivity index is 1.46. The van der Waals surface area contributed by atoms with Crippen molar-refractivity contribution in [3.63, 3.8) is 0 Å². The van der Waals surface area contributed by atoms with Gasteiger partial charge in [-0.15, -0.1) is 0 Å². The number of nitrogens with one attached hydrogen (secondary N) is 4. The molecule has 0 bridgehead atoms. The normalized spacial score (nSPS) is 20.0. The molecule has 0 fully saturated rings. The Bertz CT molecular complexity index is 1490. The van der Waals surface area contributed by atoms with Gasteiger partial charge in [-0.3, -0.25) is 9.59 Å². The summed E-state index contributed by atoms with van der Waals surface area (Å²) < 4.78 is 13.3. The fraction of sp³-hybridized carbons (Fsp3) is 0.241. The van der Waals surface area contributed by atoms with Crippen molar-refractivity contribution in [1.82, 2.24) is 10.3 Å². The monoisotopic (exact) mass is 482 g/mol. The number of hydrogen-bond acceptors (Lipinski definition) is 3. The third kappa shape index (κ3) is 3.57. The molecule has 6 nitrogen and oxygen atoms in total. The standard InChI is InChI=1S/C29H27FN4O2/c1-15(2)31-25-16(3)26(32-18(25)5)22-12-13-29(22)23-14-20(8-11-24(23)34-28(29)36)27(35)33-17(4)19-6-9-21(30)10-7-19/h6-11,14,17,22,31-32H,1H2,2-5H3,(H,33,35)(H,34,36). The summed E-state index contributed by atoms with van der Waals surface area (Å²) in [7, 11) is 0. The summed E-state index contributed by atoms with van der Waals surface area (Å²) in [4.78, 5) is 29.8. The second kappa shape index (κ2) is 8.42. The molecule has 4 N–H and O–H groups in total. The zero-order chi connectivity index (χ0) is 25.8. The maximum Gasteiger partial charge on any atom is 0.251 e. The van der Waals surface area contributed by atoms with Crippen molar-refractivity contribution in [3.8, 4) is 11.8 Å². The van der Waals surface area contributed by atoms with E-state index in [9.17, 15) is 14.0 Å². The van der Waals surface area contributed by atoms with Crippen LogP contribution in [0.25, 0.3) is 0 Å². The van der Waals surface area contributed by atoms with Crippen LogP contribution in [0.4, 0.5) is 15.8 Å². The lowest BCUT2D eigenvalue weighted by atomic mass is 9.64. The number of aromatic nitrogens is 1. The molecule has 36 heavy (non-hydrogen) atoms. The molecule has 7 heteroatoms. The molecule has 3 atom stereocenters. The smallest absolute Gasteiger partial charge is 0.251 e. The molecule has 2 amide bonds. The van der Waals surface area contributed by atoms with Gasteiger partial charge < -0.3 is 20.9 Å². The number of rotatable bonds is 6. The number of H-pyrrole nitrogens is 1. The third-order valence-electron chi connectivity index (χ3n) is 6.98. The number of anilines is 2. The number of amides is 2. The number of aromatic amines is 1. The van der Waals surface area contributed by atoms with Crippen molar-refractivity contribution in [2.75, 3.05) is 10.6 Å². The van der Waals surface area contributed by atoms with Crippen molar-refractivity contribution in [3.05, 3.63) is 94.2 Å². The number of carbonyl (C=O) groups excluding carboxylic acids is 2. The average molecular weight is 483 g/mol. The minimum absolute atomic E-state index is 0.195. The van der Waals surface area contributed by atoms with Crippen LogP contribution in [0, 0.1) is 31.5 Å². The maximum absolute atomic E-state index is 13.3. The maximum atomic E-state index is 13.3. The fourth-order valence-corrected chi connectivity index (χ4v) is 5.03. The second-order valence-electron chi connectivity index (χ2n) is 9.54. The quantitative estimate of drug-likeness (QED) is 0.365. The van der Waals surface area contributed by atoms with Gasteiger partial charge in [0.15, 0.2) is 5.41 Å². The van der Waals surface area contributed by atoms with Crippen molar-refractivity contribution in [2.45, 2.75) is 45.1 Å². The van der Waals surface area contributed by atoms with Crippen LogP contribution in [0.1, 0.15) is 64.2 Å². The van der Waals surface area contributed by atoms with Crippen LogP contribution in [-0.4, -0.2) is 16.8 Å². The largest absolute Gasteiger partial charge is 0.359 e. The van der Waals surface area contributed by atoms with E-state index in [0.717, 1.165) is 33.9 Å². The lowest BCUT2D eigenvalue weighted by molar-refractivity contribution is -0.119. The van der Waals surface area contributed by atoms with Gasteiger partial charge in [0.2, 0.25) is 5.91 Å². The first-order valence-corrected chi connectivity index (χ1v) is 11.8. The third-order valence-corrected chi connectivity index (χ3v) is 6.98. The van der Waals surface area contributed by atoms with Crippen molar-refractivity contribution >= 4 is 23.2 Å². The number of hydrogen-bond donors (Lipinski definition) is 4. The Labute approximate surface area is 209 Å². The molecule has 3 unspecified atom stereocenters. The van der Waals surface area contributed by atoms with E-state index in [-0.39, 0.29) is 29.6 Å². The highest BCUT2D eigenvalue weighted by Crippen LogP contribution is 2.52. The molecular formula is C29H27FN4O2. The second-order valence-corrected chi connectivity index (χ2v) is 9.54. The highest BCUT2D eigenvalue weighted by molar-refractivity contribution is 6.12. The van der Waals surface area contributed by atoms with Crippen LogP contribution in [-0.2, 0) is 10.2 Å².